The van der Waals surface area contributed by atoms with Crippen molar-refractivity contribution in [2.75, 3.05) is 6.54 Å². The minimum absolute atomic E-state index is 0.290. The van der Waals surface area contributed by atoms with Crippen molar-refractivity contribution in [1.29, 1.82) is 0 Å². The maximum absolute atomic E-state index is 6.04. The highest BCUT2D eigenvalue weighted by Gasteiger charge is 2.03. The molecular formula is C11H16ClN3S. The Balaban J connectivity index is 1.76. The number of imidazole rings is 1. The molecular weight excluding hydrogens is 242 g/mol. The molecule has 0 aliphatic rings. The quantitative estimate of drug-likeness (QED) is 0.637. The lowest BCUT2D eigenvalue weighted by Gasteiger charge is -2.06. The van der Waals surface area contributed by atoms with Crippen LogP contribution in [0.15, 0.2) is 17.8 Å². The molecule has 0 saturated carbocycles. The molecule has 5 heteroatoms. The minimum atomic E-state index is 0.290. The molecule has 0 amide bonds. The Morgan fingerprint density at radius 3 is 3.25 bits per heavy atom. The van der Waals surface area contributed by atoms with Crippen LogP contribution in [0.5, 0.6) is 0 Å². The fourth-order valence-corrected chi connectivity index (χ4v) is 2.37. The van der Waals surface area contributed by atoms with Gasteiger partial charge in [0, 0.05) is 29.7 Å². The van der Waals surface area contributed by atoms with E-state index in [0.717, 1.165) is 36.6 Å². The lowest BCUT2D eigenvalue weighted by Crippen LogP contribution is -2.17. The number of nitrogens with zero attached hydrogens (tertiary/aromatic N) is 2. The van der Waals surface area contributed by atoms with Crippen LogP contribution >= 0.6 is 22.9 Å². The number of thiazole rings is 1. The molecule has 3 nitrogen and oxygen atoms in total. The lowest BCUT2D eigenvalue weighted by molar-refractivity contribution is 0.617. The van der Waals surface area contributed by atoms with Crippen LogP contribution in [-0.2, 0) is 6.54 Å². The Labute approximate surface area is 104 Å². The van der Waals surface area contributed by atoms with Crippen LogP contribution in [0.4, 0.5) is 0 Å². The van der Waals surface area contributed by atoms with Crippen molar-refractivity contribution < 1.29 is 0 Å². The van der Waals surface area contributed by atoms with E-state index in [9.17, 15) is 0 Å². The van der Waals surface area contributed by atoms with Crippen molar-refractivity contribution >= 4 is 27.9 Å². The summed E-state index contributed by atoms with van der Waals surface area (Å²) in [5.74, 6) is 0. The van der Waals surface area contributed by atoms with Gasteiger partial charge in [-0.1, -0.05) is 6.92 Å². The Hall–Kier alpha value is -0.580. The average Bonchev–Trinajstić information content (AvgIpc) is 2.84. The molecule has 0 aliphatic carbocycles. The van der Waals surface area contributed by atoms with Crippen molar-refractivity contribution in [2.24, 2.45) is 0 Å². The summed E-state index contributed by atoms with van der Waals surface area (Å²) >= 11 is 7.69. The van der Waals surface area contributed by atoms with Gasteiger partial charge in [-0.25, -0.2) is 4.98 Å². The predicted octanol–water partition coefficient (Wildman–Crippen LogP) is 2.89. The molecule has 0 aliphatic heterocycles. The Bertz CT molecular complexity index is 409. The van der Waals surface area contributed by atoms with Crippen LogP contribution in [0.1, 0.15) is 25.5 Å². The highest BCUT2D eigenvalue weighted by Crippen LogP contribution is 2.11. The average molecular weight is 258 g/mol. The third-order valence-corrected chi connectivity index (χ3v) is 3.82. The van der Waals surface area contributed by atoms with Crippen molar-refractivity contribution in [3.63, 3.8) is 0 Å². The van der Waals surface area contributed by atoms with Gasteiger partial charge < -0.3 is 5.32 Å². The van der Waals surface area contributed by atoms with Gasteiger partial charge in [0.1, 0.15) is 0 Å². The summed E-state index contributed by atoms with van der Waals surface area (Å²) in [4.78, 5) is 5.55. The molecule has 2 aromatic rings. The second-order valence-corrected chi connectivity index (χ2v) is 5.29. The summed E-state index contributed by atoms with van der Waals surface area (Å²) in [5, 5.41) is 5.69. The molecule has 1 N–H and O–H groups in total. The van der Waals surface area contributed by atoms with E-state index in [2.05, 4.69) is 27.8 Å². The second kappa shape index (κ2) is 5.66. The van der Waals surface area contributed by atoms with Crippen LogP contribution in [-0.4, -0.2) is 21.3 Å². The first kappa shape index (κ1) is 11.9. The molecule has 88 valence electrons. The summed E-state index contributed by atoms with van der Waals surface area (Å²) in [6.45, 7) is 3.88. The molecule has 2 aromatic heterocycles. The number of alkyl halides is 1. The van der Waals surface area contributed by atoms with Gasteiger partial charge in [-0.05, 0) is 19.4 Å². The molecule has 2 heterocycles. The normalized spacial score (nSPS) is 13.4. The maximum atomic E-state index is 6.04. The number of halogens is 1. The molecule has 0 aromatic carbocycles. The van der Waals surface area contributed by atoms with Gasteiger partial charge in [-0.15, -0.1) is 22.9 Å². The number of nitrogens with one attached hydrogen (secondary N) is 1. The highest BCUT2D eigenvalue weighted by molar-refractivity contribution is 7.15. The van der Waals surface area contributed by atoms with Gasteiger partial charge in [0.05, 0.1) is 5.69 Å². The number of fused-ring (bicyclic) bond motifs is 1. The predicted molar refractivity (Wildman–Crippen MR) is 69.3 cm³/mol. The van der Waals surface area contributed by atoms with E-state index in [0.29, 0.717) is 0 Å². The summed E-state index contributed by atoms with van der Waals surface area (Å²) in [6.07, 6.45) is 6.14. The summed E-state index contributed by atoms with van der Waals surface area (Å²) in [6, 6.07) is 0. The van der Waals surface area contributed by atoms with Crippen molar-refractivity contribution in [3.05, 3.63) is 23.5 Å². The maximum Gasteiger partial charge on any atom is 0.193 e. The molecule has 0 radical (unpaired) electrons. The number of aromatic nitrogens is 2. The lowest BCUT2D eigenvalue weighted by atomic mass is 10.2. The van der Waals surface area contributed by atoms with Crippen LogP contribution in [0.3, 0.4) is 0 Å². The molecule has 1 atom stereocenters. The molecule has 0 spiro atoms. The molecule has 1 unspecified atom stereocenters. The van der Waals surface area contributed by atoms with E-state index in [-0.39, 0.29) is 5.38 Å². The third kappa shape index (κ3) is 2.97. The molecule has 16 heavy (non-hydrogen) atoms. The smallest absolute Gasteiger partial charge is 0.193 e. The fraction of sp³-hybridized carbons (Fsp3) is 0.545. The zero-order valence-electron chi connectivity index (χ0n) is 9.32. The van der Waals surface area contributed by atoms with Crippen molar-refractivity contribution in [1.82, 2.24) is 14.7 Å². The van der Waals surface area contributed by atoms with Gasteiger partial charge in [0.2, 0.25) is 0 Å². The van der Waals surface area contributed by atoms with E-state index in [1.165, 1.54) is 0 Å². The number of rotatable bonds is 6. The summed E-state index contributed by atoms with van der Waals surface area (Å²) in [5.41, 5.74) is 1.09. The van der Waals surface area contributed by atoms with Gasteiger partial charge >= 0.3 is 0 Å². The number of hydrogen-bond donors (Lipinski definition) is 1. The van der Waals surface area contributed by atoms with Crippen LogP contribution in [0.25, 0.3) is 4.96 Å². The van der Waals surface area contributed by atoms with Crippen LogP contribution in [0, 0.1) is 0 Å². The van der Waals surface area contributed by atoms with Gasteiger partial charge in [0.25, 0.3) is 0 Å². The largest absolute Gasteiger partial charge is 0.311 e. The first-order valence-corrected chi connectivity index (χ1v) is 6.87. The van der Waals surface area contributed by atoms with Crippen molar-refractivity contribution in [3.8, 4) is 0 Å². The van der Waals surface area contributed by atoms with E-state index in [1.54, 1.807) is 11.3 Å². The second-order valence-electron chi connectivity index (χ2n) is 3.80. The monoisotopic (exact) mass is 257 g/mol. The van der Waals surface area contributed by atoms with E-state index in [4.69, 9.17) is 11.6 Å². The Morgan fingerprint density at radius 1 is 1.62 bits per heavy atom. The van der Waals surface area contributed by atoms with Gasteiger partial charge in [0.15, 0.2) is 4.96 Å². The highest BCUT2D eigenvalue weighted by atomic mass is 35.5. The molecule has 0 saturated heterocycles. The zero-order valence-corrected chi connectivity index (χ0v) is 10.9. The Morgan fingerprint density at radius 2 is 2.50 bits per heavy atom. The minimum Gasteiger partial charge on any atom is -0.311 e. The fourth-order valence-electron chi connectivity index (χ4n) is 1.54. The molecule has 0 bridgehead atoms. The summed E-state index contributed by atoms with van der Waals surface area (Å²) in [7, 11) is 0. The first-order chi connectivity index (χ1) is 7.79. The Kier molecular flexibility index (Phi) is 4.21. The zero-order chi connectivity index (χ0) is 11.4. The standard InChI is InChI=1S/C11H16ClN3S/c1-2-9(12)3-4-13-7-10-8-15-5-6-16-11(15)14-10/h5-6,8-9,13H,2-4,7H2,1H3. The summed E-state index contributed by atoms with van der Waals surface area (Å²) < 4.78 is 2.05. The van der Waals surface area contributed by atoms with E-state index in [1.807, 2.05) is 11.6 Å². The third-order valence-electron chi connectivity index (χ3n) is 2.53. The van der Waals surface area contributed by atoms with Crippen molar-refractivity contribution in [2.45, 2.75) is 31.7 Å². The van der Waals surface area contributed by atoms with Gasteiger partial charge in [-0.3, -0.25) is 4.40 Å². The topological polar surface area (TPSA) is 29.3 Å². The molecule has 0 fully saturated rings. The number of hydrogen-bond acceptors (Lipinski definition) is 3. The SMILES string of the molecule is CCC(Cl)CCNCc1cn2ccsc2n1. The van der Waals surface area contributed by atoms with Crippen LogP contribution < -0.4 is 5.32 Å². The molecule has 2 rings (SSSR count). The van der Waals surface area contributed by atoms with E-state index >= 15 is 0 Å². The van der Waals surface area contributed by atoms with Gasteiger partial charge in [-0.2, -0.15) is 0 Å². The van der Waals surface area contributed by atoms with E-state index < -0.39 is 0 Å². The first-order valence-electron chi connectivity index (χ1n) is 5.55. The van der Waals surface area contributed by atoms with Crippen LogP contribution in [0.2, 0.25) is 0 Å².